The fourth-order valence-electron chi connectivity index (χ4n) is 1.58. The fourth-order valence-corrected chi connectivity index (χ4v) is 2.00. The van der Waals surface area contributed by atoms with Crippen LogP contribution in [0, 0.1) is 11.6 Å². The Hall–Kier alpha value is -1.26. The number of hydrogen-bond acceptors (Lipinski definition) is 1. The molecule has 0 aliphatic rings. The summed E-state index contributed by atoms with van der Waals surface area (Å²) in [5, 5.41) is 10.0. The first-order chi connectivity index (χ1) is 8.08. The third-order valence-electron chi connectivity index (χ3n) is 2.42. The van der Waals surface area contributed by atoms with Crippen LogP contribution in [0.5, 0.6) is 0 Å². The first kappa shape index (κ1) is 12.2. The Labute approximate surface area is 106 Å². The van der Waals surface area contributed by atoms with Crippen LogP contribution in [0.25, 0.3) is 0 Å². The highest BCUT2D eigenvalue weighted by Crippen LogP contribution is 2.26. The van der Waals surface area contributed by atoms with Crippen LogP contribution >= 0.6 is 15.9 Å². The smallest absolute Gasteiger partial charge is 0.132 e. The van der Waals surface area contributed by atoms with E-state index in [9.17, 15) is 13.9 Å². The van der Waals surface area contributed by atoms with E-state index in [4.69, 9.17) is 0 Å². The van der Waals surface area contributed by atoms with Gasteiger partial charge in [-0.3, -0.25) is 0 Å². The number of aliphatic hydroxyl groups excluding tert-OH is 1. The Morgan fingerprint density at radius 3 is 2.47 bits per heavy atom. The van der Waals surface area contributed by atoms with Gasteiger partial charge in [-0.1, -0.05) is 34.1 Å². The number of halogens is 3. The Balaban J connectivity index is 2.40. The van der Waals surface area contributed by atoms with Crippen molar-refractivity contribution in [3.8, 4) is 0 Å². The second kappa shape index (κ2) is 4.94. The molecule has 0 amide bonds. The highest BCUT2D eigenvalue weighted by atomic mass is 79.9. The molecule has 0 bridgehead atoms. The summed E-state index contributed by atoms with van der Waals surface area (Å²) in [4.78, 5) is 0. The van der Waals surface area contributed by atoms with E-state index in [-0.39, 0.29) is 5.56 Å². The van der Waals surface area contributed by atoms with Gasteiger partial charge < -0.3 is 5.11 Å². The minimum absolute atomic E-state index is 0.0597. The van der Waals surface area contributed by atoms with Gasteiger partial charge in [-0.25, -0.2) is 8.78 Å². The molecule has 0 aliphatic carbocycles. The Morgan fingerprint density at radius 2 is 1.82 bits per heavy atom. The van der Waals surface area contributed by atoms with Gasteiger partial charge in [-0.05, 0) is 23.8 Å². The summed E-state index contributed by atoms with van der Waals surface area (Å²) >= 11 is 3.27. The highest BCUT2D eigenvalue weighted by Gasteiger charge is 2.15. The number of rotatable bonds is 2. The topological polar surface area (TPSA) is 20.2 Å². The molecular formula is C13H9BrF2O. The van der Waals surface area contributed by atoms with Crippen LogP contribution in [-0.2, 0) is 0 Å². The third kappa shape index (κ3) is 2.70. The molecule has 4 heteroatoms. The Morgan fingerprint density at radius 1 is 1.06 bits per heavy atom. The van der Waals surface area contributed by atoms with Gasteiger partial charge in [0.2, 0.25) is 0 Å². The second-order valence-corrected chi connectivity index (χ2v) is 4.54. The molecule has 0 saturated heterocycles. The van der Waals surface area contributed by atoms with Crippen molar-refractivity contribution in [3.63, 3.8) is 0 Å². The average Bonchev–Trinajstić information content (AvgIpc) is 2.28. The van der Waals surface area contributed by atoms with Crippen LogP contribution in [0.2, 0.25) is 0 Å². The van der Waals surface area contributed by atoms with E-state index in [2.05, 4.69) is 15.9 Å². The lowest BCUT2D eigenvalue weighted by Crippen LogP contribution is -2.02. The van der Waals surface area contributed by atoms with Crippen LogP contribution in [-0.4, -0.2) is 5.11 Å². The van der Waals surface area contributed by atoms with Crippen molar-refractivity contribution in [3.05, 3.63) is 69.7 Å². The number of benzene rings is 2. The molecule has 2 rings (SSSR count). The summed E-state index contributed by atoms with van der Waals surface area (Å²) in [6.07, 6.45) is -1.10. The van der Waals surface area contributed by atoms with Crippen LogP contribution in [0.15, 0.2) is 46.9 Å². The molecule has 1 atom stereocenters. The van der Waals surface area contributed by atoms with Crippen molar-refractivity contribution in [2.75, 3.05) is 0 Å². The quantitative estimate of drug-likeness (QED) is 0.894. The first-order valence-corrected chi connectivity index (χ1v) is 5.75. The molecule has 0 spiro atoms. The lowest BCUT2D eigenvalue weighted by atomic mass is 10.0. The molecule has 1 N–H and O–H groups in total. The van der Waals surface area contributed by atoms with Gasteiger partial charge in [-0.15, -0.1) is 0 Å². The third-order valence-corrected chi connectivity index (χ3v) is 2.91. The van der Waals surface area contributed by atoms with Crippen molar-refractivity contribution in [2.24, 2.45) is 0 Å². The average molecular weight is 299 g/mol. The summed E-state index contributed by atoms with van der Waals surface area (Å²) < 4.78 is 27.0. The zero-order valence-electron chi connectivity index (χ0n) is 8.70. The van der Waals surface area contributed by atoms with Gasteiger partial charge in [0, 0.05) is 16.1 Å². The molecule has 1 nitrogen and oxygen atoms in total. The lowest BCUT2D eigenvalue weighted by molar-refractivity contribution is 0.214. The van der Waals surface area contributed by atoms with E-state index >= 15 is 0 Å². The van der Waals surface area contributed by atoms with Crippen molar-refractivity contribution in [1.82, 2.24) is 0 Å². The molecule has 0 radical (unpaired) electrons. The lowest BCUT2D eigenvalue weighted by Gasteiger charge is -2.12. The van der Waals surface area contributed by atoms with Crippen LogP contribution in [0.3, 0.4) is 0 Å². The number of hydrogen-bond donors (Lipinski definition) is 1. The summed E-state index contributed by atoms with van der Waals surface area (Å²) in [5.74, 6) is -1.41. The molecule has 0 heterocycles. The van der Waals surface area contributed by atoms with Crippen molar-refractivity contribution < 1.29 is 13.9 Å². The largest absolute Gasteiger partial charge is 0.384 e. The fraction of sp³-hybridized carbons (Fsp3) is 0.0769. The molecular weight excluding hydrogens is 290 g/mol. The van der Waals surface area contributed by atoms with E-state index in [0.29, 0.717) is 5.56 Å². The predicted molar refractivity (Wildman–Crippen MR) is 64.6 cm³/mol. The Kier molecular flexibility index (Phi) is 3.54. The summed E-state index contributed by atoms with van der Waals surface area (Å²) in [7, 11) is 0. The van der Waals surface area contributed by atoms with Crippen molar-refractivity contribution in [1.29, 1.82) is 0 Å². The molecule has 0 fully saturated rings. The maximum absolute atomic E-state index is 13.5. The SMILES string of the molecule is OC(c1cccc(Br)c1)c1ccc(F)cc1F. The highest BCUT2D eigenvalue weighted by molar-refractivity contribution is 9.10. The zero-order chi connectivity index (χ0) is 12.4. The molecule has 88 valence electrons. The Bertz CT molecular complexity index is 543. The van der Waals surface area contributed by atoms with Gasteiger partial charge in [0.05, 0.1) is 0 Å². The van der Waals surface area contributed by atoms with E-state index in [1.165, 1.54) is 6.07 Å². The molecule has 2 aromatic rings. The summed E-state index contributed by atoms with van der Waals surface area (Å²) in [6.45, 7) is 0. The summed E-state index contributed by atoms with van der Waals surface area (Å²) in [5.41, 5.74) is 0.606. The summed E-state index contributed by atoms with van der Waals surface area (Å²) in [6, 6.07) is 10.0. The van der Waals surface area contributed by atoms with Gasteiger partial charge in [0.1, 0.15) is 17.7 Å². The molecule has 17 heavy (non-hydrogen) atoms. The molecule has 1 unspecified atom stereocenters. The standard InChI is InChI=1S/C13H9BrF2O/c14-9-3-1-2-8(6-9)13(17)11-5-4-10(15)7-12(11)16/h1-7,13,17H. The molecule has 0 aromatic heterocycles. The molecule has 2 aromatic carbocycles. The minimum atomic E-state index is -1.10. The van der Waals surface area contributed by atoms with Crippen molar-refractivity contribution >= 4 is 15.9 Å². The number of aliphatic hydroxyl groups is 1. The van der Waals surface area contributed by atoms with Crippen LogP contribution in [0.1, 0.15) is 17.2 Å². The predicted octanol–water partition coefficient (Wildman–Crippen LogP) is 3.81. The van der Waals surface area contributed by atoms with Crippen LogP contribution < -0.4 is 0 Å². The maximum Gasteiger partial charge on any atom is 0.132 e. The van der Waals surface area contributed by atoms with E-state index in [0.717, 1.165) is 16.6 Å². The minimum Gasteiger partial charge on any atom is -0.384 e. The van der Waals surface area contributed by atoms with Crippen molar-refractivity contribution in [2.45, 2.75) is 6.10 Å². The van der Waals surface area contributed by atoms with Gasteiger partial charge in [0.15, 0.2) is 0 Å². The maximum atomic E-state index is 13.5. The molecule has 0 saturated carbocycles. The van der Waals surface area contributed by atoms with E-state index < -0.39 is 17.7 Å². The van der Waals surface area contributed by atoms with Gasteiger partial charge >= 0.3 is 0 Å². The first-order valence-electron chi connectivity index (χ1n) is 4.96. The monoisotopic (exact) mass is 298 g/mol. The van der Waals surface area contributed by atoms with Gasteiger partial charge in [-0.2, -0.15) is 0 Å². The van der Waals surface area contributed by atoms with Gasteiger partial charge in [0.25, 0.3) is 0 Å². The van der Waals surface area contributed by atoms with E-state index in [1.54, 1.807) is 24.3 Å². The second-order valence-electron chi connectivity index (χ2n) is 3.62. The zero-order valence-corrected chi connectivity index (χ0v) is 10.3. The van der Waals surface area contributed by atoms with E-state index in [1.807, 2.05) is 0 Å². The molecule has 0 aliphatic heterocycles. The normalized spacial score (nSPS) is 12.5. The van der Waals surface area contributed by atoms with Crippen LogP contribution in [0.4, 0.5) is 8.78 Å².